The van der Waals surface area contributed by atoms with E-state index in [2.05, 4.69) is 4.74 Å². The lowest BCUT2D eigenvalue weighted by Gasteiger charge is -2.28. The van der Waals surface area contributed by atoms with Crippen molar-refractivity contribution < 1.29 is 31.1 Å². The smallest absolute Gasteiger partial charge is 0.323 e. The van der Waals surface area contributed by atoms with E-state index in [1.54, 1.807) is 0 Å². The summed E-state index contributed by atoms with van der Waals surface area (Å²) in [6.45, 7) is -4.24. The van der Waals surface area contributed by atoms with Crippen molar-refractivity contribution >= 4 is 39.2 Å². The molecule has 0 radical (unpaired) electrons. The number of carbonyl (C=O) groups is 1. The van der Waals surface area contributed by atoms with E-state index in [-0.39, 0.29) is 14.9 Å². The summed E-state index contributed by atoms with van der Waals surface area (Å²) in [5.74, 6) is -1.11. The van der Waals surface area contributed by atoms with Crippen LogP contribution >= 0.6 is 23.2 Å². The van der Waals surface area contributed by atoms with Crippen LogP contribution in [0.3, 0.4) is 0 Å². The van der Waals surface area contributed by atoms with Crippen LogP contribution in [0.4, 0.5) is 13.2 Å². The molecule has 1 unspecified atom stereocenters. The van der Waals surface area contributed by atoms with E-state index in [0.29, 0.717) is 0 Å². The Hall–Kier alpha value is -1.03. The average molecular weight is 422 g/mol. The number of methoxy groups -OCH3 is 1. The Bertz CT molecular complexity index is 706. The second kappa shape index (κ2) is 9.07. The summed E-state index contributed by atoms with van der Waals surface area (Å²) in [4.78, 5) is 11.5. The maximum Gasteiger partial charge on any atom is 0.323 e. The third-order valence-corrected chi connectivity index (χ3v) is 5.68. The van der Waals surface area contributed by atoms with Gasteiger partial charge in [-0.2, -0.15) is 4.72 Å². The Morgan fingerprint density at radius 3 is 2.20 bits per heavy atom. The topological polar surface area (TPSA) is 72.5 Å². The molecule has 1 N–H and O–H groups in total. The summed E-state index contributed by atoms with van der Waals surface area (Å²) in [5, 5.41) is 0.0567. The van der Waals surface area contributed by atoms with Crippen molar-refractivity contribution in [3.05, 3.63) is 28.2 Å². The maximum atomic E-state index is 13.1. The summed E-state index contributed by atoms with van der Waals surface area (Å²) in [6.07, 6.45) is -0.760. The summed E-state index contributed by atoms with van der Waals surface area (Å²) in [5.41, 5.74) is -2.14. The van der Waals surface area contributed by atoms with Crippen molar-refractivity contribution in [2.24, 2.45) is 5.41 Å². The molecule has 5 nitrogen and oxygen atoms in total. The molecular weight excluding hydrogens is 406 g/mol. The zero-order valence-electron chi connectivity index (χ0n) is 13.1. The normalized spacial score (nSPS) is 13.5. The molecule has 0 amide bonds. The first kappa shape index (κ1) is 22.0. The van der Waals surface area contributed by atoms with E-state index < -0.39 is 53.9 Å². The van der Waals surface area contributed by atoms with E-state index >= 15 is 0 Å². The molecule has 0 spiro atoms. The van der Waals surface area contributed by atoms with E-state index in [1.165, 1.54) is 6.07 Å². The predicted molar refractivity (Wildman–Crippen MR) is 87.6 cm³/mol. The van der Waals surface area contributed by atoms with Gasteiger partial charge in [-0.25, -0.2) is 8.42 Å². The van der Waals surface area contributed by atoms with Crippen LogP contribution in [0.1, 0.15) is 6.42 Å². The fourth-order valence-electron chi connectivity index (χ4n) is 1.92. The number of carbonyl (C=O) groups excluding carboxylic acids is 1. The molecule has 25 heavy (non-hydrogen) atoms. The Kier molecular flexibility index (Phi) is 7.98. The van der Waals surface area contributed by atoms with Crippen LogP contribution in [-0.2, 0) is 19.6 Å². The highest BCUT2D eigenvalue weighted by atomic mass is 35.5. The molecular formula is C14H16Cl2F3NO4S. The zero-order chi connectivity index (χ0) is 19.3. The molecule has 0 aliphatic carbocycles. The van der Waals surface area contributed by atoms with Crippen LogP contribution in [-0.4, -0.2) is 47.6 Å². The number of hydrogen-bond acceptors (Lipinski definition) is 4. The maximum absolute atomic E-state index is 13.1. The van der Waals surface area contributed by atoms with Gasteiger partial charge in [-0.1, -0.05) is 23.2 Å². The molecule has 1 aromatic rings. The van der Waals surface area contributed by atoms with Crippen molar-refractivity contribution in [1.29, 1.82) is 0 Å². The Morgan fingerprint density at radius 2 is 1.76 bits per heavy atom. The third-order valence-electron chi connectivity index (χ3n) is 3.47. The lowest BCUT2D eigenvalue weighted by molar-refractivity contribution is -0.143. The van der Waals surface area contributed by atoms with Gasteiger partial charge in [0.15, 0.2) is 0 Å². The van der Waals surface area contributed by atoms with Gasteiger partial charge in [-0.05, 0) is 24.6 Å². The Labute approximate surface area is 153 Å². The molecule has 0 saturated carbocycles. The first-order valence-electron chi connectivity index (χ1n) is 6.88. The minimum Gasteiger partial charge on any atom is -0.468 e. The summed E-state index contributed by atoms with van der Waals surface area (Å²) < 4.78 is 70.3. The molecule has 0 bridgehead atoms. The lowest BCUT2D eigenvalue weighted by atomic mass is 9.85. The van der Waals surface area contributed by atoms with Gasteiger partial charge in [0.25, 0.3) is 0 Å². The third kappa shape index (κ3) is 5.47. The first-order valence-corrected chi connectivity index (χ1v) is 9.11. The monoisotopic (exact) mass is 421 g/mol. The van der Waals surface area contributed by atoms with Crippen molar-refractivity contribution in [3.63, 3.8) is 0 Å². The molecule has 1 atom stereocenters. The SMILES string of the molecule is COC(=O)C(CC(CF)(CF)CF)NS(=O)(=O)c1ccc(Cl)c(Cl)c1. The molecule has 0 aliphatic heterocycles. The van der Waals surface area contributed by atoms with Gasteiger partial charge in [0.05, 0.1) is 27.5 Å². The molecule has 0 aromatic heterocycles. The second-order valence-electron chi connectivity index (χ2n) is 5.38. The molecule has 0 fully saturated rings. The number of benzene rings is 1. The van der Waals surface area contributed by atoms with Gasteiger partial charge < -0.3 is 4.74 Å². The summed E-state index contributed by atoms with van der Waals surface area (Å²) in [6, 6.07) is 1.69. The molecule has 0 saturated heterocycles. The Morgan fingerprint density at radius 1 is 1.20 bits per heavy atom. The molecule has 1 aromatic carbocycles. The number of ether oxygens (including phenoxy) is 1. The van der Waals surface area contributed by atoms with Crippen LogP contribution in [0.15, 0.2) is 23.1 Å². The van der Waals surface area contributed by atoms with Gasteiger partial charge in [-0.3, -0.25) is 18.0 Å². The summed E-state index contributed by atoms with van der Waals surface area (Å²) in [7, 11) is -3.35. The quantitative estimate of drug-likeness (QED) is 0.621. The van der Waals surface area contributed by atoms with E-state index in [0.717, 1.165) is 19.2 Å². The van der Waals surface area contributed by atoms with Gasteiger partial charge in [0.1, 0.15) is 26.1 Å². The highest BCUT2D eigenvalue weighted by molar-refractivity contribution is 7.89. The van der Waals surface area contributed by atoms with Crippen molar-refractivity contribution in [2.45, 2.75) is 17.4 Å². The number of sulfonamides is 1. The molecule has 11 heteroatoms. The number of halogens is 5. The minimum atomic E-state index is -4.31. The zero-order valence-corrected chi connectivity index (χ0v) is 15.4. The van der Waals surface area contributed by atoms with Crippen molar-refractivity contribution in [1.82, 2.24) is 4.72 Å². The minimum absolute atomic E-state index is 0.0511. The van der Waals surface area contributed by atoms with E-state index in [1.807, 2.05) is 4.72 Å². The van der Waals surface area contributed by atoms with Crippen LogP contribution in [0.2, 0.25) is 10.0 Å². The Balaban J connectivity index is 3.16. The number of alkyl halides is 3. The lowest BCUT2D eigenvalue weighted by Crippen LogP contribution is -2.47. The van der Waals surface area contributed by atoms with Crippen LogP contribution in [0.25, 0.3) is 0 Å². The fourth-order valence-corrected chi connectivity index (χ4v) is 3.49. The van der Waals surface area contributed by atoms with E-state index in [4.69, 9.17) is 23.2 Å². The molecule has 0 heterocycles. The largest absolute Gasteiger partial charge is 0.468 e. The fraction of sp³-hybridized carbons (Fsp3) is 0.500. The number of esters is 1. The summed E-state index contributed by atoms with van der Waals surface area (Å²) >= 11 is 11.5. The number of rotatable bonds is 9. The van der Waals surface area contributed by atoms with Crippen LogP contribution < -0.4 is 4.72 Å². The molecule has 1 rings (SSSR count). The van der Waals surface area contributed by atoms with Gasteiger partial charge in [0, 0.05) is 0 Å². The number of hydrogen-bond donors (Lipinski definition) is 1. The van der Waals surface area contributed by atoms with Gasteiger partial charge >= 0.3 is 5.97 Å². The van der Waals surface area contributed by atoms with Crippen LogP contribution in [0.5, 0.6) is 0 Å². The second-order valence-corrected chi connectivity index (χ2v) is 7.91. The highest BCUT2D eigenvalue weighted by Gasteiger charge is 2.39. The first-order chi connectivity index (χ1) is 11.6. The predicted octanol–water partition coefficient (Wildman–Crippen LogP) is 3.10. The highest BCUT2D eigenvalue weighted by Crippen LogP contribution is 2.29. The standard InChI is InChI=1S/C14H16Cl2F3NO4S/c1-24-13(21)12(5-14(6-17,7-18)8-19)20-25(22,23)9-2-3-10(15)11(16)4-9/h2-4,12,20H,5-8H2,1H3. The van der Waals surface area contributed by atoms with Crippen LogP contribution in [0, 0.1) is 5.41 Å². The average Bonchev–Trinajstić information content (AvgIpc) is 2.60. The number of nitrogens with one attached hydrogen (secondary N) is 1. The molecule has 0 aliphatic rings. The van der Waals surface area contributed by atoms with Gasteiger partial charge in [-0.15, -0.1) is 0 Å². The molecule has 142 valence electrons. The van der Waals surface area contributed by atoms with Crippen molar-refractivity contribution in [3.8, 4) is 0 Å². The van der Waals surface area contributed by atoms with Gasteiger partial charge in [0.2, 0.25) is 10.0 Å². The van der Waals surface area contributed by atoms with E-state index in [9.17, 15) is 26.4 Å². The van der Waals surface area contributed by atoms with Crippen molar-refractivity contribution in [2.75, 3.05) is 27.1 Å².